The van der Waals surface area contributed by atoms with Gasteiger partial charge in [-0.15, -0.1) is 0 Å². The fourth-order valence-electron chi connectivity index (χ4n) is 1.43. The van der Waals surface area contributed by atoms with Crippen LogP contribution in [0.4, 0.5) is 0 Å². The fourth-order valence-corrected chi connectivity index (χ4v) is 1.43. The Bertz CT molecular complexity index is 111. The first-order valence-corrected chi connectivity index (χ1v) is 4.75. The van der Waals surface area contributed by atoms with Gasteiger partial charge in [0.25, 0.3) is 0 Å². The second kappa shape index (κ2) is 5.51. The molecule has 1 aliphatic heterocycles. The third-order valence-electron chi connectivity index (χ3n) is 2.19. The van der Waals surface area contributed by atoms with E-state index in [1.54, 1.807) is 6.92 Å². The van der Waals surface area contributed by atoms with Gasteiger partial charge in [0.05, 0.1) is 6.10 Å². The lowest BCUT2D eigenvalue weighted by Crippen LogP contribution is -2.26. The van der Waals surface area contributed by atoms with Crippen LogP contribution >= 0.6 is 0 Å². The Labute approximate surface area is 74.1 Å². The zero-order chi connectivity index (χ0) is 8.81. The van der Waals surface area contributed by atoms with Gasteiger partial charge in [-0.05, 0) is 32.2 Å². The summed E-state index contributed by atoms with van der Waals surface area (Å²) in [6, 6.07) is 0. The van der Waals surface area contributed by atoms with Crippen molar-refractivity contribution in [1.82, 2.24) is 5.32 Å². The van der Waals surface area contributed by atoms with E-state index in [9.17, 15) is 0 Å². The minimum absolute atomic E-state index is 0.232. The molecule has 0 bridgehead atoms. The molecule has 1 aliphatic rings. The van der Waals surface area contributed by atoms with Gasteiger partial charge in [0.1, 0.15) is 0 Å². The first-order valence-electron chi connectivity index (χ1n) is 4.75. The van der Waals surface area contributed by atoms with E-state index in [1.165, 1.54) is 12.8 Å². The maximum atomic E-state index is 8.96. The molecule has 0 aromatic carbocycles. The molecule has 1 unspecified atom stereocenters. The SMILES string of the molecule is C[C@@H](O)CNCCC1CCOC1. The van der Waals surface area contributed by atoms with Gasteiger partial charge < -0.3 is 15.2 Å². The molecule has 0 aromatic rings. The Morgan fingerprint density at radius 3 is 3.08 bits per heavy atom. The van der Waals surface area contributed by atoms with E-state index >= 15 is 0 Å². The Morgan fingerprint density at radius 1 is 1.67 bits per heavy atom. The van der Waals surface area contributed by atoms with Gasteiger partial charge in [0, 0.05) is 19.8 Å². The van der Waals surface area contributed by atoms with Gasteiger partial charge >= 0.3 is 0 Å². The quantitative estimate of drug-likeness (QED) is 0.591. The molecule has 0 aromatic heterocycles. The largest absolute Gasteiger partial charge is 0.392 e. The van der Waals surface area contributed by atoms with Gasteiger partial charge in [-0.2, -0.15) is 0 Å². The van der Waals surface area contributed by atoms with E-state index < -0.39 is 0 Å². The van der Waals surface area contributed by atoms with Gasteiger partial charge in [-0.3, -0.25) is 0 Å². The van der Waals surface area contributed by atoms with Crippen LogP contribution in [-0.4, -0.2) is 37.5 Å². The second-order valence-corrected chi connectivity index (χ2v) is 3.57. The molecule has 3 heteroatoms. The lowest BCUT2D eigenvalue weighted by molar-refractivity contribution is 0.180. The summed E-state index contributed by atoms with van der Waals surface area (Å²) in [4.78, 5) is 0. The molecule has 12 heavy (non-hydrogen) atoms. The molecular formula is C9H19NO2. The van der Waals surface area contributed by atoms with Gasteiger partial charge in [0.2, 0.25) is 0 Å². The van der Waals surface area contributed by atoms with Crippen molar-refractivity contribution in [2.24, 2.45) is 5.92 Å². The third-order valence-corrected chi connectivity index (χ3v) is 2.19. The Morgan fingerprint density at radius 2 is 2.50 bits per heavy atom. The molecule has 1 rings (SSSR count). The van der Waals surface area contributed by atoms with E-state index in [1.807, 2.05) is 0 Å². The highest BCUT2D eigenvalue weighted by molar-refractivity contribution is 4.65. The predicted octanol–water partition coefficient (Wildman–Crippen LogP) is 0.383. The van der Waals surface area contributed by atoms with Crippen LogP contribution in [0.15, 0.2) is 0 Å². The Hall–Kier alpha value is -0.120. The van der Waals surface area contributed by atoms with Crippen LogP contribution in [0.2, 0.25) is 0 Å². The summed E-state index contributed by atoms with van der Waals surface area (Å²) >= 11 is 0. The molecule has 1 saturated heterocycles. The minimum atomic E-state index is -0.232. The maximum Gasteiger partial charge on any atom is 0.0636 e. The number of hydrogen-bond acceptors (Lipinski definition) is 3. The first kappa shape index (κ1) is 9.96. The van der Waals surface area contributed by atoms with Crippen LogP contribution in [0.3, 0.4) is 0 Å². The highest BCUT2D eigenvalue weighted by Gasteiger charge is 2.14. The summed E-state index contributed by atoms with van der Waals surface area (Å²) < 4.78 is 5.26. The highest BCUT2D eigenvalue weighted by Crippen LogP contribution is 2.14. The number of aliphatic hydroxyl groups excluding tert-OH is 1. The smallest absolute Gasteiger partial charge is 0.0636 e. The molecule has 0 amide bonds. The van der Waals surface area contributed by atoms with Crippen LogP contribution in [0.1, 0.15) is 19.8 Å². The van der Waals surface area contributed by atoms with Crippen LogP contribution < -0.4 is 5.32 Å². The fraction of sp³-hybridized carbons (Fsp3) is 1.00. The van der Waals surface area contributed by atoms with Crippen molar-refractivity contribution in [2.45, 2.75) is 25.9 Å². The van der Waals surface area contributed by atoms with Crippen LogP contribution in [0, 0.1) is 5.92 Å². The zero-order valence-electron chi connectivity index (χ0n) is 7.75. The molecule has 3 nitrogen and oxygen atoms in total. The summed E-state index contributed by atoms with van der Waals surface area (Å²) in [7, 11) is 0. The van der Waals surface area contributed by atoms with Gasteiger partial charge in [-0.25, -0.2) is 0 Å². The van der Waals surface area contributed by atoms with E-state index in [0.717, 1.165) is 25.7 Å². The Kier molecular flexibility index (Phi) is 4.58. The van der Waals surface area contributed by atoms with E-state index in [2.05, 4.69) is 5.32 Å². The van der Waals surface area contributed by atoms with Crippen molar-refractivity contribution in [3.63, 3.8) is 0 Å². The first-order chi connectivity index (χ1) is 5.79. The van der Waals surface area contributed by atoms with Crippen molar-refractivity contribution in [2.75, 3.05) is 26.3 Å². The van der Waals surface area contributed by atoms with E-state index in [4.69, 9.17) is 9.84 Å². The summed E-state index contributed by atoms with van der Waals surface area (Å²) in [5.74, 6) is 0.742. The average molecular weight is 173 g/mol. The summed E-state index contributed by atoms with van der Waals surface area (Å²) in [5.41, 5.74) is 0. The topological polar surface area (TPSA) is 41.5 Å². The van der Waals surface area contributed by atoms with E-state index in [-0.39, 0.29) is 6.10 Å². The number of hydrogen-bond donors (Lipinski definition) is 2. The normalized spacial score (nSPS) is 26.0. The lowest BCUT2D eigenvalue weighted by Gasteiger charge is -2.09. The summed E-state index contributed by atoms with van der Waals surface area (Å²) in [5, 5.41) is 12.2. The highest BCUT2D eigenvalue weighted by atomic mass is 16.5. The number of aliphatic hydroxyl groups is 1. The Balaban J connectivity index is 1.88. The van der Waals surface area contributed by atoms with E-state index in [0.29, 0.717) is 6.54 Å². The molecule has 2 N–H and O–H groups in total. The molecule has 0 radical (unpaired) electrons. The number of ether oxygens (including phenoxy) is 1. The predicted molar refractivity (Wildman–Crippen MR) is 48.1 cm³/mol. The van der Waals surface area contributed by atoms with Crippen molar-refractivity contribution >= 4 is 0 Å². The van der Waals surface area contributed by atoms with Crippen molar-refractivity contribution in [3.8, 4) is 0 Å². The molecule has 1 heterocycles. The maximum absolute atomic E-state index is 8.96. The summed E-state index contributed by atoms with van der Waals surface area (Å²) in [6.07, 6.45) is 2.15. The molecule has 2 atom stereocenters. The van der Waals surface area contributed by atoms with Crippen molar-refractivity contribution in [1.29, 1.82) is 0 Å². The third kappa shape index (κ3) is 4.04. The molecule has 0 saturated carbocycles. The average Bonchev–Trinajstić information content (AvgIpc) is 2.49. The van der Waals surface area contributed by atoms with Gasteiger partial charge in [0.15, 0.2) is 0 Å². The molecule has 72 valence electrons. The molecular weight excluding hydrogens is 154 g/mol. The molecule has 0 spiro atoms. The van der Waals surface area contributed by atoms with Crippen LogP contribution in [0.25, 0.3) is 0 Å². The standard InChI is InChI=1S/C9H19NO2/c1-8(11)6-10-4-2-9-3-5-12-7-9/h8-11H,2-7H2,1H3/t8-,9?/m1/s1. The number of nitrogens with one attached hydrogen (secondary N) is 1. The second-order valence-electron chi connectivity index (χ2n) is 3.57. The van der Waals surface area contributed by atoms with Crippen molar-refractivity contribution < 1.29 is 9.84 Å². The minimum Gasteiger partial charge on any atom is -0.392 e. The molecule has 0 aliphatic carbocycles. The van der Waals surface area contributed by atoms with Crippen molar-refractivity contribution in [3.05, 3.63) is 0 Å². The number of rotatable bonds is 5. The van der Waals surface area contributed by atoms with Gasteiger partial charge in [-0.1, -0.05) is 0 Å². The summed E-state index contributed by atoms with van der Waals surface area (Å²) in [6.45, 7) is 5.36. The molecule has 1 fully saturated rings. The monoisotopic (exact) mass is 173 g/mol. The zero-order valence-corrected chi connectivity index (χ0v) is 7.75. The van der Waals surface area contributed by atoms with Crippen LogP contribution in [-0.2, 0) is 4.74 Å². The van der Waals surface area contributed by atoms with Crippen LogP contribution in [0.5, 0.6) is 0 Å². The lowest BCUT2D eigenvalue weighted by atomic mass is 10.1.